The van der Waals surface area contributed by atoms with E-state index in [1.54, 1.807) is 14.2 Å². The van der Waals surface area contributed by atoms with Crippen LogP contribution in [0.5, 0.6) is 11.5 Å². The van der Waals surface area contributed by atoms with Gasteiger partial charge in [-0.2, -0.15) is 0 Å². The molecule has 15 heavy (non-hydrogen) atoms. The molecule has 2 heteroatoms. The smallest absolute Gasteiger partial charge is 0.161 e. The number of hydrogen-bond donors (Lipinski definition) is 0. The maximum Gasteiger partial charge on any atom is 0.161 e. The number of rotatable bonds is 3. The van der Waals surface area contributed by atoms with Crippen molar-refractivity contribution >= 4 is 0 Å². The summed E-state index contributed by atoms with van der Waals surface area (Å²) >= 11 is 0. The third-order valence-electron chi connectivity index (χ3n) is 2.47. The van der Waals surface area contributed by atoms with Crippen molar-refractivity contribution in [3.05, 3.63) is 23.8 Å². The van der Waals surface area contributed by atoms with E-state index in [1.165, 1.54) is 0 Å². The van der Waals surface area contributed by atoms with E-state index in [-0.39, 0.29) is 5.41 Å². The lowest BCUT2D eigenvalue weighted by atomic mass is 9.85. The summed E-state index contributed by atoms with van der Waals surface area (Å²) in [5.74, 6) is 4.17. The molecule has 1 aromatic rings. The molecule has 0 aliphatic carbocycles. The molecule has 0 saturated heterocycles. The van der Waals surface area contributed by atoms with Crippen LogP contribution < -0.4 is 9.47 Å². The van der Waals surface area contributed by atoms with Crippen LogP contribution in [0.2, 0.25) is 0 Å². The summed E-state index contributed by atoms with van der Waals surface area (Å²) < 4.78 is 10.4. The molecule has 0 unspecified atom stereocenters. The standard InChI is InChI=1S/C13H16O2/c1-6-13(2,3)10-7-8-11(14-4)12(9-10)15-5/h1,7-9H,2-5H3. The fourth-order valence-electron chi connectivity index (χ4n) is 1.31. The van der Waals surface area contributed by atoms with Crippen LogP contribution in [0.25, 0.3) is 0 Å². The molecule has 0 radical (unpaired) electrons. The first kappa shape index (κ1) is 11.5. The van der Waals surface area contributed by atoms with Crippen molar-refractivity contribution in [2.75, 3.05) is 14.2 Å². The van der Waals surface area contributed by atoms with Gasteiger partial charge < -0.3 is 9.47 Å². The van der Waals surface area contributed by atoms with E-state index < -0.39 is 0 Å². The van der Waals surface area contributed by atoms with E-state index >= 15 is 0 Å². The predicted molar refractivity (Wildman–Crippen MR) is 61.4 cm³/mol. The zero-order valence-electron chi connectivity index (χ0n) is 9.63. The Bertz CT molecular complexity index is 386. The molecule has 0 spiro atoms. The molecule has 0 bridgehead atoms. The highest BCUT2D eigenvalue weighted by Gasteiger charge is 2.18. The van der Waals surface area contributed by atoms with Gasteiger partial charge in [0.05, 0.1) is 19.6 Å². The van der Waals surface area contributed by atoms with Gasteiger partial charge in [0.15, 0.2) is 11.5 Å². The van der Waals surface area contributed by atoms with E-state index in [4.69, 9.17) is 15.9 Å². The fraction of sp³-hybridized carbons (Fsp3) is 0.385. The average molecular weight is 204 g/mol. The van der Waals surface area contributed by atoms with Crippen molar-refractivity contribution in [2.45, 2.75) is 19.3 Å². The Morgan fingerprint density at radius 3 is 2.20 bits per heavy atom. The zero-order valence-corrected chi connectivity index (χ0v) is 9.63. The second-order valence-electron chi connectivity index (χ2n) is 3.84. The first-order valence-electron chi connectivity index (χ1n) is 4.75. The van der Waals surface area contributed by atoms with Gasteiger partial charge in [0.2, 0.25) is 0 Å². The lowest BCUT2D eigenvalue weighted by Crippen LogP contribution is -2.13. The maximum atomic E-state index is 5.48. The van der Waals surface area contributed by atoms with Crippen LogP contribution in [0, 0.1) is 12.3 Å². The zero-order chi connectivity index (χ0) is 11.5. The topological polar surface area (TPSA) is 18.5 Å². The first-order valence-corrected chi connectivity index (χ1v) is 4.75. The largest absolute Gasteiger partial charge is 0.493 e. The van der Waals surface area contributed by atoms with Crippen LogP contribution in [0.15, 0.2) is 18.2 Å². The van der Waals surface area contributed by atoms with Crippen molar-refractivity contribution in [3.63, 3.8) is 0 Å². The highest BCUT2D eigenvalue weighted by Crippen LogP contribution is 2.32. The van der Waals surface area contributed by atoms with Gasteiger partial charge in [-0.25, -0.2) is 0 Å². The molecule has 1 aromatic carbocycles. The minimum absolute atomic E-state index is 0.292. The molecule has 80 valence electrons. The Kier molecular flexibility index (Phi) is 3.26. The molecule has 0 aliphatic rings. The number of benzene rings is 1. The summed E-state index contributed by atoms with van der Waals surface area (Å²) in [5.41, 5.74) is 0.752. The summed E-state index contributed by atoms with van der Waals surface area (Å²) in [7, 11) is 3.23. The lowest BCUT2D eigenvalue weighted by Gasteiger charge is -2.19. The van der Waals surface area contributed by atoms with Crippen molar-refractivity contribution in [2.24, 2.45) is 0 Å². The molecule has 2 nitrogen and oxygen atoms in total. The molecule has 0 amide bonds. The van der Waals surface area contributed by atoms with Gasteiger partial charge >= 0.3 is 0 Å². The summed E-state index contributed by atoms with van der Waals surface area (Å²) in [4.78, 5) is 0. The van der Waals surface area contributed by atoms with Crippen LogP contribution in [0.1, 0.15) is 19.4 Å². The van der Waals surface area contributed by atoms with Crippen molar-refractivity contribution in [1.29, 1.82) is 0 Å². The van der Waals surface area contributed by atoms with Gasteiger partial charge in [-0.1, -0.05) is 12.0 Å². The van der Waals surface area contributed by atoms with Gasteiger partial charge in [0.1, 0.15) is 0 Å². The molecule has 0 saturated carbocycles. The van der Waals surface area contributed by atoms with Crippen LogP contribution in [-0.2, 0) is 5.41 Å². The van der Waals surface area contributed by atoms with Crippen LogP contribution in [0.4, 0.5) is 0 Å². The Morgan fingerprint density at radius 2 is 1.73 bits per heavy atom. The molecule has 0 aliphatic heterocycles. The van der Waals surface area contributed by atoms with Gasteiger partial charge in [-0.15, -0.1) is 6.42 Å². The molecule has 0 fully saturated rings. The average Bonchev–Trinajstić information content (AvgIpc) is 2.28. The molecule has 0 heterocycles. The molecule has 0 atom stereocenters. The van der Waals surface area contributed by atoms with Crippen molar-refractivity contribution < 1.29 is 9.47 Å². The normalized spacial score (nSPS) is 10.6. The Labute approximate surface area is 91.2 Å². The summed E-state index contributed by atoms with van der Waals surface area (Å²) in [5, 5.41) is 0. The summed E-state index contributed by atoms with van der Waals surface area (Å²) in [6, 6.07) is 5.74. The Morgan fingerprint density at radius 1 is 1.13 bits per heavy atom. The van der Waals surface area contributed by atoms with Crippen molar-refractivity contribution in [3.8, 4) is 23.8 Å². The van der Waals surface area contributed by atoms with E-state index in [1.807, 2.05) is 32.0 Å². The second-order valence-corrected chi connectivity index (χ2v) is 3.84. The SMILES string of the molecule is C#CC(C)(C)c1ccc(OC)c(OC)c1. The van der Waals surface area contributed by atoms with Gasteiger partial charge in [0, 0.05) is 0 Å². The monoisotopic (exact) mass is 204 g/mol. The quantitative estimate of drug-likeness (QED) is 0.705. The predicted octanol–water partition coefficient (Wildman–Crippen LogP) is 2.61. The number of ether oxygens (including phenoxy) is 2. The van der Waals surface area contributed by atoms with E-state index in [0.29, 0.717) is 11.5 Å². The number of hydrogen-bond acceptors (Lipinski definition) is 2. The Hall–Kier alpha value is -1.62. The van der Waals surface area contributed by atoms with E-state index in [0.717, 1.165) is 5.56 Å². The first-order chi connectivity index (χ1) is 7.05. The van der Waals surface area contributed by atoms with Crippen molar-refractivity contribution in [1.82, 2.24) is 0 Å². The molecular weight excluding hydrogens is 188 g/mol. The molecule has 0 N–H and O–H groups in total. The summed E-state index contributed by atoms with van der Waals surface area (Å²) in [6.07, 6.45) is 5.48. The van der Waals surface area contributed by atoms with Gasteiger partial charge in [-0.3, -0.25) is 0 Å². The minimum Gasteiger partial charge on any atom is -0.493 e. The third kappa shape index (κ3) is 2.24. The van der Waals surface area contributed by atoms with E-state index in [2.05, 4.69) is 5.92 Å². The maximum absolute atomic E-state index is 5.48. The highest BCUT2D eigenvalue weighted by atomic mass is 16.5. The van der Waals surface area contributed by atoms with E-state index in [9.17, 15) is 0 Å². The highest BCUT2D eigenvalue weighted by molar-refractivity contribution is 5.46. The molecule has 0 aromatic heterocycles. The number of terminal acetylenes is 1. The van der Waals surface area contributed by atoms with Crippen LogP contribution >= 0.6 is 0 Å². The third-order valence-corrected chi connectivity index (χ3v) is 2.47. The van der Waals surface area contributed by atoms with Crippen LogP contribution in [0.3, 0.4) is 0 Å². The molecule has 1 rings (SSSR count). The van der Waals surface area contributed by atoms with Gasteiger partial charge in [-0.05, 0) is 31.5 Å². The summed E-state index contributed by atoms with van der Waals surface area (Å²) in [6.45, 7) is 3.99. The van der Waals surface area contributed by atoms with Gasteiger partial charge in [0.25, 0.3) is 0 Å². The number of methoxy groups -OCH3 is 2. The minimum atomic E-state index is -0.292. The molecular formula is C13H16O2. The Balaban J connectivity index is 3.21. The lowest BCUT2D eigenvalue weighted by molar-refractivity contribution is 0.354. The second kappa shape index (κ2) is 4.27. The van der Waals surface area contributed by atoms with Crippen LogP contribution in [-0.4, -0.2) is 14.2 Å². The fourth-order valence-corrected chi connectivity index (χ4v) is 1.31.